The monoisotopic (exact) mass is 431 g/mol. The van der Waals surface area contributed by atoms with Crippen LogP contribution < -0.4 is 9.92 Å². The van der Waals surface area contributed by atoms with E-state index in [0.29, 0.717) is 12.1 Å². The van der Waals surface area contributed by atoms with E-state index in [9.17, 15) is 0 Å². The summed E-state index contributed by atoms with van der Waals surface area (Å²) in [6, 6.07) is 15.8. The Kier molecular flexibility index (Phi) is 5.91. The van der Waals surface area contributed by atoms with E-state index in [1.807, 2.05) is 6.08 Å². The lowest BCUT2D eigenvalue weighted by atomic mass is 9.86. The summed E-state index contributed by atoms with van der Waals surface area (Å²) < 4.78 is 6.42. The van der Waals surface area contributed by atoms with Crippen LogP contribution in [0.1, 0.15) is 55.8 Å². The van der Waals surface area contributed by atoms with E-state index in [-0.39, 0.29) is 5.41 Å². The van der Waals surface area contributed by atoms with Gasteiger partial charge in [0.15, 0.2) is 0 Å². The lowest BCUT2D eigenvalue weighted by Crippen LogP contribution is -2.50. The third-order valence-corrected chi connectivity index (χ3v) is 10.8. The van der Waals surface area contributed by atoms with E-state index in [2.05, 4.69) is 93.9 Å². The molecule has 0 spiro atoms. The van der Waals surface area contributed by atoms with E-state index >= 15 is 0 Å². The fraction of sp³-hybridized carbons (Fsp3) is 0.429. The first-order chi connectivity index (χ1) is 14.7. The highest BCUT2D eigenvalue weighted by molar-refractivity contribution is 6.92. The number of ether oxygens (including phenoxy) is 1. The standard InChI is InChI=1S/C28H37NOSi/c1-7-19-30-26-23(28(2,3)4)15-12-16-25(26)31(5,6)27-22-14-9-8-13-21(22)20-24(27)29-17-10-11-18-29/h7-9,12-16,20,27H,1,10-11,17-19H2,2-6H3. The van der Waals surface area contributed by atoms with Crippen molar-refractivity contribution in [3.63, 3.8) is 0 Å². The van der Waals surface area contributed by atoms with Gasteiger partial charge >= 0.3 is 0 Å². The molecule has 1 atom stereocenters. The Morgan fingerprint density at radius 1 is 1.06 bits per heavy atom. The zero-order valence-corrected chi connectivity index (χ0v) is 20.9. The predicted octanol–water partition coefficient (Wildman–Crippen LogP) is 6.24. The first-order valence-corrected chi connectivity index (χ1v) is 14.8. The summed E-state index contributed by atoms with van der Waals surface area (Å²) in [6.45, 7) is 18.7. The van der Waals surface area contributed by atoms with Gasteiger partial charge in [-0.25, -0.2) is 0 Å². The van der Waals surface area contributed by atoms with Crippen molar-refractivity contribution in [2.24, 2.45) is 0 Å². The van der Waals surface area contributed by atoms with Crippen molar-refractivity contribution in [3.05, 3.63) is 77.5 Å². The summed E-state index contributed by atoms with van der Waals surface area (Å²) in [5.41, 5.74) is 6.20. The van der Waals surface area contributed by atoms with Crippen LogP contribution in [0.5, 0.6) is 5.75 Å². The second kappa shape index (κ2) is 8.35. The fourth-order valence-corrected chi connectivity index (χ4v) is 9.08. The predicted molar refractivity (Wildman–Crippen MR) is 136 cm³/mol. The van der Waals surface area contributed by atoms with Crippen LogP contribution in [-0.2, 0) is 5.41 Å². The molecule has 2 aromatic carbocycles. The van der Waals surface area contributed by atoms with Crippen LogP contribution >= 0.6 is 0 Å². The van der Waals surface area contributed by atoms with Crippen LogP contribution in [0.4, 0.5) is 0 Å². The fourth-order valence-electron chi connectivity index (χ4n) is 5.40. The van der Waals surface area contributed by atoms with Crippen LogP contribution in [-0.4, -0.2) is 32.7 Å². The Morgan fingerprint density at radius 2 is 1.77 bits per heavy atom. The van der Waals surface area contributed by atoms with E-state index in [0.717, 1.165) is 5.75 Å². The molecular formula is C28H37NOSi. The van der Waals surface area contributed by atoms with Crippen LogP contribution in [0.15, 0.2) is 60.8 Å². The maximum atomic E-state index is 6.42. The smallest absolute Gasteiger partial charge is 0.122 e. The van der Waals surface area contributed by atoms with Crippen molar-refractivity contribution in [1.29, 1.82) is 0 Å². The zero-order valence-electron chi connectivity index (χ0n) is 19.9. The van der Waals surface area contributed by atoms with Crippen molar-refractivity contribution >= 4 is 19.3 Å². The molecule has 164 valence electrons. The Hall–Kier alpha value is -2.26. The number of fused-ring (bicyclic) bond motifs is 1. The van der Waals surface area contributed by atoms with Crippen molar-refractivity contribution < 1.29 is 4.74 Å². The van der Waals surface area contributed by atoms with Gasteiger partial charge in [0.05, 0.1) is 8.07 Å². The van der Waals surface area contributed by atoms with Gasteiger partial charge in [-0.05, 0) is 46.2 Å². The topological polar surface area (TPSA) is 12.5 Å². The summed E-state index contributed by atoms with van der Waals surface area (Å²) in [5, 5.41) is 1.42. The summed E-state index contributed by atoms with van der Waals surface area (Å²) in [4.78, 5) is 2.65. The lowest BCUT2D eigenvalue weighted by molar-refractivity contribution is 0.353. The molecule has 0 saturated carbocycles. The van der Waals surface area contributed by atoms with Crippen LogP contribution in [0.2, 0.25) is 13.1 Å². The summed E-state index contributed by atoms with van der Waals surface area (Å²) >= 11 is 0. The highest BCUT2D eigenvalue weighted by Crippen LogP contribution is 2.46. The minimum atomic E-state index is -2.00. The highest BCUT2D eigenvalue weighted by atomic mass is 28.3. The summed E-state index contributed by atoms with van der Waals surface area (Å²) in [6.07, 6.45) is 6.93. The molecule has 0 amide bonds. The normalized spacial score (nSPS) is 18.7. The molecule has 1 saturated heterocycles. The molecule has 0 aromatic heterocycles. The maximum absolute atomic E-state index is 6.42. The Bertz CT molecular complexity index is 992. The average Bonchev–Trinajstić information content (AvgIpc) is 3.38. The maximum Gasteiger partial charge on any atom is 0.122 e. The molecule has 1 aliphatic carbocycles. The van der Waals surface area contributed by atoms with Gasteiger partial charge in [0.2, 0.25) is 0 Å². The molecule has 4 rings (SSSR count). The third-order valence-electron chi connectivity index (χ3n) is 6.96. The number of hydrogen-bond acceptors (Lipinski definition) is 2. The molecule has 1 fully saturated rings. The highest BCUT2D eigenvalue weighted by Gasteiger charge is 2.45. The van der Waals surface area contributed by atoms with Gasteiger partial charge in [0.1, 0.15) is 12.4 Å². The van der Waals surface area contributed by atoms with Gasteiger partial charge in [-0.1, -0.05) is 89.0 Å². The van der Waals surface area contributed by atoms with Crippen LogP contribution in [0, 0.1) is 0 Å². The minimum Gasteiger partial charge on any atom is -0.489 e. The molecule has 0 radical (unpaired) electrons. The average molecular weight is 432 g/mol. The second-order valence-electron chi connectivity index (χ2n) is 10.6. The number of likely N-dealkylation sites (tertiary alicyclic amines) is 1. The summed E-state index contributed by atoms with van der Waals surface area (Å²) in [7, 11) is -2.00. The van der Waals surface area contributed by atoms with E-state index < -0.39 is 8.07 Å². The number of nitrogens with zero attached hydrogens (tertiary/aromatic N) is 1. The van der Waals surface area contributed by atoms with Crippen molar-refractivity contribution in [1.82, 2.24) is 4.90 Å². The molecule has 1 heterocycles. The molecule has 2 aromatic rings. The zero-order chi connectivity index (χ0) is 22.2. The molecule has 31 heavy (non-hydrogen) atoms. The Balaban J connectivity index is 1.87. The number of para-hydroxylation sites is 1. The van der Waals surface area contributed by atoms with Crippen LogP contribution in [0.25, 0.3) is 6.08 Å². The Morgan fingerprint density at radius 3 is 2.45 bits per heavy atom. The minimum absolute atomic E-state index is 0.0260. The molecule has 1 unspecified atom stereocenters. The molecule has 1 aliphatic heterocycles. The molecular weight excluding hydrogens is 394 g/mol. The summed E-state index contributed by atoms with van der Waals surface area (Å²) in [5.74, 6) is 1.09. The molecule has 2 aliphatic rings. The second-order valence-corrected chi connectivity index (χ2v) is 15.1. The molecule has 0 N–H and O–H groups in total. The van der Waals surface area contributed by atoms with E-state index in [4.69, 9.17) is 4.74 Å². The largest absolute Gasteiger partial charge is 0.489 e. The van der Waals surface area contributed by atoms with Gasteiger partial charge in [-0.2, -0.15) is 0 Å². The number of allylic oxidation sites excluding steroid dienone is 1. The quantitative estimate of drug-likeness (QED) is 0.397. The van der Waals surface area contributed by atoms with Gasteiger partial charge in [-0.15, -0.1) is 0 Å². The van der Waals surface area contributed by atoms with Crippen molar-refractivity contribution in [3.8, 4) is 5.75 Å². The van der Waals surface area contributed by atoms with Gasteiger partial charge in [0.25, 0.3) is 0 Å². The number of rotatable bonds is 6. The van der Waals surface area contributed by atoms with Crippen molar-refractivity contribution in [2.45, 2.75) is 57.7 Å². The molecule has 0 bridgehead atoms. The van der Waals surface area contributed by atoms with Crippen LogP contribution in [0.3, 0.4) is 0 Å². The van der Waals surface area contributed by atoms with Gasteiger partial charge in [0, 0.05) is 24.3 Å². The third kappa shape index (κ3) is 4.00. The van der Waals surface area contributed by atoms with E-state index in [1.54, 1.807) is 0 Å². The van der Waals surface area contributed by atoms with Gasteiger partial charge < -0.3 is 9.64 Å². The SMILES string of the molecule is C=CCOc1c(C(C)(C)C)cccc1[Si](C)(C)C1C(N2CCCC2)=Cc2ccccc21. The first kappa shape index (κ1) is 21.9. The first-order valence-electron chi connectivity index (χ1n) is 11.7. The lowest BCUT2D eigenvalue weighted by Gasteiger charge is -2.38. The molecule has 2 nitrogen and oxygen atoms in total. The number of hydrogen-bond donors (Lipinski definition) is 0. The Labute approximate surface area is 189 Å². The number of benzene rings is 2. The van der Waals surface area contributed by atoms with Crippen molar-refractivity contribution in [2.75, 3.05) is 19.7 Å². The molecule has 3 heteroatoms. The van der Waals surface area contributed by atoms with E-state index in [1.165, 1.54) is 53.5 Å². The van der Waals surface area contributed by atoms with Gasteiger partial charge in [-0.3, -0.25) is 0 Å².